The molecule has 0 fully saturated rings. The molecule has 0 radical (unpaired) electrons. The maximum atomic E-state index is 5.88. The second kappa shape index (κ2) is 4.55. The molecule has 0 atom stereocenters. The standard InChI is InChI=1S/C13H10ClN3S/c1-15-12-9-7-8(11-3-2-6-18-11)4-5-10(9)16-13(14)17-12/h2-7H,1H3,(H,15,16,17). The van der Waals surface area contributed by atoms with Crippen LogP contribution in [-0.4, -0.2) is 17.0 Å². The molecule has 0 aliphatic heterocycles. The van der Waals surface area contributed by atoms with Gasteiger partial charge in [-0.1, -0.05) is 12.1 Å². The van der Waals surface area contributed by atoms with Crippen molar-refractivity contribution in [3.63, 3.8) is 0 Å². The lowest BCUT2D eigenvalue weighted by atomic mass is 10.1. The molecule has 18 heavy (non-hydrogen) atoms. The smallest absolute Gasteiger partial charge is 0.224 e. The number of halogens is 1. The number of nitrogens with one attached hydrogen (secondary N) is 1. The zero-order chi connectivity index (χ0) is 12.5. The van der Waals surface area contributed by atoms with Gasteiger partial charge in [-0.15, -0.1) is 11.3 Å². The number of nitrogens with zero attached hydrogens (tertiary/aromatic N) is 2. The third kappa shape index (κ3) is 1.94. The van der Waals surface area contributed by atoms with Gasteiger partial charge in [0, 0.05) is 17.3 Å². The molecule has 0 unspecified atom stereocenters. The van der Waals surface area contributed by atoms with E-state index in [2.05, 4.69) is 38.9 Å². The number of benzene rings is 1. The minimum atomic E-state index is 0.260. The number of aromatic nitrogens is 2. The fourth-order valence-corrected chi connectivity index (χ4v) is 2.79. The second-order valence-electron chi connectivity index (χ2n) is 3.80. The third-order valence-electron chi connectivity index (χ3n) is 2.71. The van der Waals surface area contributed by atoms with Crippen molar-refractivity contribution < 1.29 is 0 Å². The Balaban J connectivity index is 2.25. The molecule has 0 aliphatic carbocycles. The van der Waals surface area contributed by atoms with Gasteiger partial charge in [0.2, 0.25) is 5.28 Å². The molecule has 1 N–H and O–H groups in total. The number of anilines is 1. The summed E-state index contributed by atoms with van der Waals surface area (Å²) < 4.78 is 0. The van der Waals surface area contributed by atoms with Gasteiger partial charge in [0.25, 0.3) is 0 Å². The number of hydrogen-bond donors (Lipinski definition) is 1. The van der Waals surface area contributed by atoms with Crippen molar-refractivity contribution in [3.05, 3.63) is 41.0 Å². The lowest BCUT2D eigenvalue weighted by Crippen LogP contribution is -1.96. The highest BCUT2D eigenvalue weighted by Gasteiger charge is 2.07. The summed E-state index contributed by atoms with van der Waals surface area (Å²) in [5, 5.41) is 6.36. The first-order chi connectivity index (χ1) is 8.78. The van der Waals surface area contributed by atoms with E-state index < -0.39 is 0 Å². The molecule has 3 aromatic rings. The van der Waals surface area contributed by atoms with Crippen LogP contribution in [0.3, 0.4) is 0 Å². The van der Waals surface area contributed by atoms with E-state index in [1.54, 1.807) is 11.3 Å². The highest BCUT2D eigenvalue weighted by molar-refractivity contribution is 7.13. The van der Waals surface area contributed by atoms with E-state index >= 15 is 0 Å². The van der Waals surface area contributed by atoms with Gasteiger partial charge in [0.05, 0.1) is 5.52 Å². The zero-order valence-corrected chi connectivity index (χ0v) is 11.2. The van der Waals surface area contributed by atoms with Gasteiger partial charge < -0.3 is 5.32 Å². The van der Waals surface area contributed by atoms with Crippen LogP contribution in [0.4, 0.5) is 5.82 Å². The van der Waals surface area contributed by atoms with Gasteiger partial charge in [-0.05, 0) is 40.7 Å². The van der Waals surface area contributed by atoms with E-state index in [1.807, 2.05) is 19.2 Å². The Bertz CT molecular complexity index is 695. The molecule has 0 amide bonds. The summed E-state index contributed by atoms with van der Waals surface area (Å²) >= 11 is 7.60. The zero-order valence-electron chi connectivity index (χ0n) is 9.64. The molecule has 0 spiro atoms. The van der Waals surface area contributed by atoms with Crippen LogP contribution in [0, 0.1) is 0 Å². The van der Waals surface area contributed by atoms with Crippen molar-refractivity contribution in [2.24, 2.45) is 0 Å². The Kier molecular flexibility index (Phi) is 2.89. The number of rotatable bonds is 2. The number of fused-ring (bicyclic) bond motifs is 1. The third-order valence-corrected chi connectivity index (χ3v) is 3.80. The van der Waals surface area contributed by atoms with Gasteiger partial charge in [-0.3, -0.25) is 0 Å². The van der Waals surface area contributed by atoms with Crippen LogP contribution in [0.25, 0.3) is 21.3 Å². The molecule has 3 nitrogen and oxygen atoms in total. The summed E-state index contributed by atoms with van der Waals surface area (Å²) in [7, 11) is 1.83. The van der Waals surface area contributed by atoms with Crippen molar-refractivity contribution in [1.29, 1.82) is 0 Å². The topological polar surface area (TPSA) is 37.8 Å². The number of hydrogen-bond acceptors (Lipinski definition) is 4. The molecule has 2 aromatic heterocycles. The lowest BCUT2D eigenvalue weighted by Gasteiger charge is -2.06. The van der Waals surface area contributed by atoms with Crippen LogP contribution in [-0.2, 0) is 0 Å². The minimum absolute atomic E-state index is 0.260. The average Bonchev–Trinajstić information content (AvgIpc) is 2.91. The highest BCUT2D eigenvalue weighted by atomic mass is 35.5. The van der Waals surface area contributed by atoms with E-state index in [1.165, 1.54) is 10.4 Å². The molecule has 5 heteroatoms. The SMILES string of the molecule is CNc1nc(Cl)nc2ccc(-c3cccs3)cc12. The van der Waals surface area contributed by atoms with Gasteiger partial charge in [-0.25, -0.2) is 9.97 Å². The van der Waals surface area contributed by atoms with Gasteiger partial charge in [-0.2, -0.15) is 0 Å². The monoisotopic (exact) mass is 275 g/mol. The van der Waals surface area contributed by atoms with Crippen LogP contribution in [0.2, 0.25) is 5.28 Å². The molecular weight excluding hydrogens is 266 g/mol. The summed E-state index contributed by atoms with van der Waals surface area (Å²) in [5.74, 6) is 0.753. The Morgan fingerprint density at radius 3 is 2.83 bits per heavy atom. The number of thiophene rings is 1. The molecule has 1 aromatic carbocycles. The lowest BCUT2D eigenvalue weighted by molar-refractivity contribution is 1.21. The average molecular weight is 276 g/mol. The molecule has 0 saturated heterocycles. The second-order valence-corrected chi connectivity index (χ2v) is 5.09. The Morgan fingerprint density at radius 2 is 2.11 bits per heavy atom. The van der Waals surface area contributed by atoms with Gasteiger partial charge >= 0.3 is 0 Å². The first-order valence-electron chi connectivity index (χ1n) is 5.47. The fraction of sp³-hybridized carbons (Fsp3) is 0.0769. The summed E-state index contributed by atoms with van der Waals surface area (Å²) in [6, 6.07) is 10.3. The molecule has 2 heterocycles. The first-order valence-corrected chi connectivity index (χ1v) is 6.72. The Labute approximate surface area is 113 Å². The minimum Gasteiger partial charge on any atom is -0.372 e. The van der Waals surface area contributed by atoms with Crippen LogP contribution in [0.15, 0.2) is 35.7 Å². The maximum Gasteiger partial charge on any atom is 0.224 e. The molecule has 0 aliphatic rings. The van der Waals surface area contributed by atoms with Crippen molar-refractivity contribution in [2.75, 3.05) is 12.4 Å². The first kappa shape index (κ1) is 11.4. The summed E-state index contributed by atoms with van der Waals surface area (Å²) in [6.45, 7) is 0. The maximum absolute atomic E-state index is 5.88. The van der Waals surface area contributed by atoms with E-state index in [9.17, 15) is 0 Å². The van der Waals surface area contributed by atoms with Gasteiger partial charge in [0.1, 0.15) is 5.82 Å². The van der Waals surface area contributed by atoms with Crippen LogP contribution in [0.1, 0.15) is 0 Å². The summed E-state index contributed by atoms with van der Waals surface area (Å²) in [4.78, 5) is 9.64. The van der Waals surface area contributed by atoms with Crippen LogP contribution in [0.5, 0.6) is 0 Å². The quantitative estimate of drug-likeness (QED) is 0.717. The normalized spacial score (nSPS) is 10.8. The molecule has 0 saturated carbocycles. The summed E-state index contributed by atoms with van der Waals surface area (Å²) in [6.07, 6.45) is 0. The molecule has 3 rings (SSSR count). The predicted octanol–water partition coefficient (Wildman–Crippen LogP) is 4.05. The van der Waals surface area contributed by atoms with E-state index in [-0.39, 0.29) is 5.28 Å². The van der Waals surface area contributed by atoms with Crippen LogP contribution >= 0.6 is 22.9 Å². The van der Waals surface area contributed by atoms with Gasteiger partial charge in [0.15, 0.2) is 0 Å². The predicted molar refractivity (Wildman–Crippen MR) is 77.4 cm³/mol. The largest absolute Gasteiger partial charge is 0.372 e. The van der Waals surface area contributed by atoms with Crippen molar-refractivity contribution in [1.82, 2.24) is 9.97 Å². The highest BCUT2D eigenvalue weighted by Crippen LogP contribution is 2.30. The van der Waals surface area contributed by atoms with Crippen LogP contribution < -0.4 is 5.32 Å². The van der Waals surface area contributed by atoms with E-state index in [0.717, 1.165) is 16.7 Å². The Hall–Kier alpha value is -1.65. The summed E-state index contributed by atoms with van der Waals surface area (Å²) in [5.41, 5.74) is 2.01. The van der Waals surface area contributed by atoms with Crippen molar-refractivity contribution >= 4 is 39.7 Å². The molecular formula is C13H10ClN3S. The Morgan fingerprint density at radius 1 is 1.22 bits per heavy atom. The molecule has 90 valence electrons. The van der Waals surface area contributed by atoms with Crippen molar-refractivity contribution in [3.8, 4) is 10.4 Å². The fourth-order valence-electron chi connectivity index (χ4n) is 1.89. The van der Waals surface area contributed by atoms with E-state index in [0.29, 0.717) is 0 Å². The van der Waals surface area contributed by atoms with E-state index in [4.69, 9.17) is 11.6 Å². The van der Waals surface area contributed by atoms with Crippen molar-refractivity contribution in [2.45, 2.75) is 0 Å². The molecule has 0 bridgehead atoms.